The predicted octanol–water partition coefficient (Wildman–Crippen LogP) is 5.01. The van der Waals surface area contributed by atoms with Gasteiger partial charge in [0.2, 0.25) is 0 Å². The summed E-state index contributed by atoms with van der Waals surface area (Å²) in [5.41, 5.74) is 1.28. The molecule has 0 bridgehead atoms. The van der Waals surface area contributed by atoms with Gasteiger partial charge in [-0.15, -0.1) is 0 Å². The summed E-state index contributed by atoms with van der Waals surface area (Å²) in [5.74, 6) is -1.59. The molecule has 2 rings (SSSR count). The number of alkyl halides is 6. The molecule has 3 nitrogen and oxygen atoms in total. The Kier molecular flexibility index (Phi) is 5.06. The average Bonchev–Trinajstić information content (AvgIpc) is 2.80. The number of fused-ring (bicyclic) bond motifs is 1. The number of rotatable bonds is 4. The van der Waals surface area contributed by atoms with Crippen LogP contribution in [0.5, 0.6) is 0 Å². The quantitative estimate of drug-likeness (QED) is 0.712. The first-order valence-corrected chi connectivity index (χ1v) is 7.30. The molecule has 0 N–H and O–H groups in total. The first-order valence-electron chi connectivity index (χ1n) is 7.30. The van der Waals surface area contributed by atoms with Gasteiger partial charge in [0.15, 0.2) is 5.76 Å². The third kappa shape index (κ3) is 4.67. The number of benzene rings is 1. The number of nitrogens with zero attached hydrogens (tertiary/aromatic N) is 1. The number of hydrogen-bond acceptors (Lipinski definition) is 2. The fourth-order valence-electron chi connectivity index (χ4n) is 2.46. The van der Waals surface area contributed by atoms with Crippen molar-refractivity contribution in [1.82, 2.24) is 4.90 Å². The summed E-state index contributed by atoms with van der Waals surface area (Å²) in [6.45, 7) is 0.291. The maximum atomic E-state index is 12.7. The third-order valence-corrected chi connectivity index (χ3v) is 3.68. The summed E-state index contributed by atoms with van der Waals surface area (Å²) in [7, 11) is 0. The SMILES string of the molecule is Cc1c(C(=O)N(CCC(F)(F)F)CC(F)(F)F)oc2c(C)cccc12. The van der Waals surface area contributed by atoms with E-state index in [0.29, 0.717) is 22.1 Å². The Balaban J connectivity index is 2.38. The molecule has 0 saturated heterocycles. The molecule has 0 aliphatic rings. The minimum atomic E-state index is -4.82. The van der Waals surface area contributed by atoms with Gasteiger partial charge in [-0.3, -0.25) is 4.79 Å². The fraction of sp³-hybridized carbons (Fsp3) is 0.438. The van der Waals surface area contributed by atoms with Gasteiger partial charge in [0.25, 0.3) is 5.91 Å². The number of furan rings is 1. The van der Waals surface area contributed by atoms with E-state index in [2.05, 4.69) is 0 Å². The third-order valence-electron chi connectivity index (χ3n) is 3.68. The molecule has 0 saturated carbocycles. The summed E-state index contributed by atoms with van der Waals surface area (Å²) >= 11 is 0. The molecular formula is C16H15F6NO2. The lowest BCUT2D eigenvalue weighted by Gasteiger charge is -2.23. The predicted molar refractivity (Wildman–Crippen MR) is 78.3 cm³/mol. The normalized spacial score (nSPS) is 12.6. The minimum Gasteiger partial charge on any atom is -0.450 e. The molecule has 25 heavy (non-hydrogen) atoms. The Morgan fingerprint density at radius 1 is 1.08 bits per heavy atom. The number of carbonyl (C=O) groups is 1. The molecule has 0 spiro atoms. The van der Waals surface area contributed by atoms with Crippen molar-refractivity contribution in [2.45, 2.75) is 32.6 Å². The van der Waals surface area contributed by atoms with Gasteiger partial charge in [-0.2, -0.15) is 26.3 Å². The van der Waals surface area contributed by atoms with Crippen molar-refractivity contribution in [3.05, 3.63) is 35.1 Å². The van der Waals surface area contributed by atoms with Gasteiger partial charge in [-0.25, -0.2) is 0 Å². The van der Waals surface area contributed by atoms with Crippen molar-refractivity contribution in [2.24, 2.45) is 0 Å². The molecule has 1 heterocycles. The van der Waals surface area contributed by atoms with Gasteiger partial charge in [-0.1, -0.05) is 18.2 Å². The van der Waals surface area contributed by atoms with E-state index >= 15 is 0 Å². The highest BCUT2D eigenvalue weighted by Gasteiger charge is 2.37. The average molecular weight is 367 g/mol. The molecule has 1 aromatic carbocycles. The van der Waals surface area contributed by atoms with Gasteiger partial charge in [0.05, 0.1) is 6.42 Å². The van der Waals surface area contributed by atoms with Crippen LogP contribution >= 0.6 is 0 Å². The van der Waals surface area contributed by atoms with Crippen molar-refractivity contribution in [3.63, 3.8) is 0 Å². The van der Waals surface area contributed by atoms with Crippen LogP contribution in [0.2, 0.25) is 0 Å². The maximum Gasteiger partial charge on any atom is 0.406 e. The number of halogens is 6. The maximum absolute atomic E-state index is 12.7. The zero-order valence-electron chi connectivity index (χ0n) is 13.4. The highest BCUT2D eigenvalue weighted by Crippen LogP contribution is 2.30. The van der Waals surface area contributed by atoms with Crippen molar-refractivity contribution in [2.75, 3.05) is 13.1 Å². The van der Waals surface area contributed by atoms with E-state index in [1.54, 1.807) is 25.1 Å². The van der Waals surface area contributed by atoms with Crippen LogP contribution in [0, 0.1) is 13.8 Å². The highest BCUT2D eigenvalue weighted by molar-refractivity contribution is 5.99. The van der Waals surface area contributed by atoms with Crippen LogP contribution in [-0.2, 0) is 0 Å². The van der Waals surface area contributed by atoms with Crippen LogP contribution in [0.4, 0.5) is 26.3 Å². The molecule has 138 valence electrons. The lowest BCUT2D eigenvalue weighted by molar-refractivity contribution is -0.155. The van der Waals surface area contributed by atoms with Crippen LogP contribution in [0.3, 0.4) is 0 Å². The van der Waals surface area contributed by atoms with E-state index in [0.717, 1.165) is 0 Å². The molecule has 9 heteroatoms. The number of amides is 1. The van der Waals surface area contributed by atoms with Crippen molar-refractivity contribution >= 4 is 16.9 Å². The van der Waals surface area contributed by atoms with E-state index in [1.165, 1.54) is 6.92 Å². The Hall–Kier alpha value is -2.19. The van der Waals surface area contributed by atoms with E-state index in [-0.39, 0.29) is 10.7 Å². The molecule has 0 radical (unpaired) electrons. The molecule has 0 unspecified atom stereocenters. The van der Waals surface area contributed by atoms with E-state index in [9.17, 15) is 31.1 Å². The molecule has 0 aliphatic heterocycles. The van der Waals surface area contributed by atoms with Crippen LogP contribution < -0.4 is 0 Å². The summed E-state index contributed by atoms with van der Waals surface area (Å²) in [4.78, 5) is 12.5. The minimum absolute atomic E-state index is 0.119. The van der Waals surface area contributed by atoms with Crippen molar-refractivity contribution < 1.29 is 35.6 Å². The van der Waals surface area contributed by atoms with Gasteiger partial charge in [0, 0.05) is 17.5 Å². The molecule has 0 fully saturated rings. The Morgan fingerprint density at radius 3 is 2.24 bits per heavy atom. The van der Waals surface area contributed by atoms with Gasteiger partial charge < -0.3 is 9.32 Å². The van der Waals surface area contributed by atoms with E-state index < -0.39 is 37.8 Å². The monoisotopic (exact) mass is 367 g/mol. The number of carbonyl (C=O) groups excluding carboxylic acids is 1. The number of para-hydroxylation sites is 1. The molecule has 1 amide bonds. The molecule has 2 aromatic rings. The molecule has 1 aromatic heterocycles. The van der Waals surface area contributed by atoms with E-state index in [1.807, 2.05) is 0 Å². The lowest BCUT2D eigenvalue weighted by atomic mass is 10.1. The van der Waals surface area contributed by atoms with E-state index in [4.69, 9.17) is 4.42 Å². The summed E-state index contributed by atoms with van der Waals surface area (Å²) < 4.78 is 80.5. The fourth-order valence-corrected chi connectivity index (χ4v) is 2.46. The van der Waals surface area contributed by atoms with Crippen molar-refractivity contribution in [1.29, 1.82) is 0 Å². The number of aryl methyl sites for hydroxylation is 2. The van der Waals surface area contributed by atoms with Crippen LogP contribution in [0.15, 0.2) is 22.6 Å². The van der Waals surface area contributed by atoms with Crippen LogP contribution in [0.25, 0.3) is 11.0 Å². The summed E-state index contributed by atoms with van der Waals surface area (Å²) in [6.07, 6.45) is -11.0. The zero-order chi connectivity index (χ0) is 19.0. The number of hydrogen-bond donors (Lipinski definition) is 0. The van der Waals surface area contributed by atoms with Crippen molar-refractivity contribution in [3.8, 4) is 0 Å². The largest absolute Gasteiger partial charge is 0.450 e. The first kappa shape index (κ1) is 19.1. The summed E-state index contributed by atoms with van der Waals surface area (Å²) in [5, 5.41) is 0.533. The second-order valence-corrected chi connectivity index (χ2v) is 5.71. The second-order valence-electron chi connectivity index (χ2n) is 5.71. The first-order chi connectivity index (χ1) is 11.4. The smallest absolute Gasteiger partial charge is 0.406 e. The second kappa shape index (κ2) is 6.61. The van der Waals surface area contributed by atoms with Crippen LogP contribution in [0.1, 0.15) is 28.1 Å². The molecule has 0 atom stereocenters. The molecular weight excluding hydrogens is 352 g/mol. The standard InChI is InChI=1S/C16H15F6NO2/c1-9-4-3-5-11-10(2)13(25-12(9)11)14(24)23(8-16(20,21)22)7-6-15(17,18)19/h3-5H,6-8H2,1-2H3. The Bertz CT molecular complexity index is 775. The topological polar surface area (TPSA) is 33.5 Å². The molecule has 0 aliphatic carbocycles. The van der Waals surface area contributed by atoms with Gasteiger partial charge in [0.1, 0.15) is 12.1 Å². The van der Waals surface area contributed by atoms with Crippen LogP contribution in [-0.4, -0.2) is 36.2 Å². The summed E-state index contributed by atoms with van der Waals surface area (Å²) in [6, 6.07) is 5.00. The Labute approximate surface area is 139 Å². The highest BCUT2D eigenvalue weighted by atomic mass is 19.4. The van der Waals surface area contributed by atoms with Gasteiger partial charge >= 0.3 is 12.4 Å². The Morgan fingerprint density at radius 2 is 1.72 bits per heavy atom. The zero-order valence-corrected chi connectivity index (χ0v) is 13.4. The lowest BCUT2D eigenvalue weighted by Crippen LogP contribution is -2.41. The van der Waals surface area contributed by atoms with Gasteiger partial charge in [-0.05, 0) is 19.4 Å².